The van der Waals surface area contributed by atoms with Crippen molar-refractivity contribution in [2.45, 2.75) is 6.92 Å². The smallest absolute Gasteiger partial charge is 0.253 e. The number of carbonyl (C=O) groups is 1. The highest BCUT2D eigenvalue weighted by Gasteiger charge is 2.27. The molecule has 0 radical (unpaired) electrons. The number of oxazole rings is 1. The second-order valence-corrected chi connectivity index (χ2v) is 7.50. The lowest BCUT2D eigenvalue weighted by atomic mass is 10.1. The lowest BCUT2D eigenvalue weighted by molar-refractivity contribution is 0.0745. The van der Waals surface area contributed by atoms with E-state index in [0.717, 1.165) is 5.56 Å². The molecular weight excluding hydrogens is 408 g/mol. The third-order valence-corrected chi connectivity index (χ3v) is 5.50. The number of piperazine rings is 1. The van der Waals surface area contributed by atoms with Crippen LogP contribution in [0.15, 0.2) is 46.9 Å². The van der Waals surface area contributed by atoms with Crippen molar-refractivity contribution >= 4 is 11.8 Å². The van der Waals surface area contributed by atoms with E-state index in [4.69, 9.17) is 13.9 Å². The quantitative estimate of drug-likeness (QED) is 0.609. The Labute approximate surface area is 186 Å². The topological polar surface area (TPSA) is 91.8 Å². The van der Waals surface area contributed by atoms with Crippen LogP contribution in [0.2, 0.25) is 0 Å². The minimum absolute atomic E-state index is 0.00810. The molecule has 1 aliphatic heterocycles. The van der Waals surface area contributed by atoms with Gasteiger partial charge in [-0.25, -0.2) is 0 Å². The van der Waals surface area contributed by atoms with E-state index in [1.807, 2.05) is 41.0 Å². The number of hydrogen-bond acceptors (Lipinski definition) is 7. The molecule has 0 N–H and O–H groups in total. The first-order valence-corrected chi connectivity index (χ1v) is 10.3. The Morgan fingerprint density at radius 1 is 1.03 bits per heavy atom. The Balaban J connectivity index is 1.51. The van der Waals surface area contributed by atoms with Crippen LogP contribution < -0.4 is 14.4 Å². The van der Waals surface area contributed by atoms with Crippen LogP contribution in [0.1, 0.15) is 21.6 Å². The average molecular weight is 432 g/mol. The maximum atomic E-state index is 12.8. The fourth-order valence-corrected chi connectivity index (χ4v) is 3.68. The average Bonchev–Trinajstić information content (AvgIpc) is 3.28. The zero-order valence-corrected chi connectivity index (χ0v) is 18.3. The molecule has 1 fully saturated rings. The predicted molar refractivity (Wildman–Crippen MR) is 119 cm³/mol. The number of ether oxygens (including phenoxy) is 2. The molecule has 2 aromatic carbocycles. The maximum Gasteiger partial charge on any atom is 0.253 e. The summed E-state index contributed by atoms with van der Waals surface area (Å²) in [5.41, 5.74) is 2.69. The van der Waals surface area contributed by atoms with Gasteiger partial charge in [0.25, 0.3) is 5.91 Å². The van der Waals surface area contributed by atoms with E-state index in [2.05, 4.69) is 11.1 Å². The number of rotatable bonds is 5. The van der Waals surface area contributed by atoms with Crippen molar-refractivity contribution in [2.75, 3.05) is 45.3 Å². The molecule has 1 amide bonds. The Kier molecular flexibility index (Phi) is 5.99. The molecule has 2 heterocycles. The van der Waals surface area contributed by atoms with Gasteiger partial charge in [0.2, 0.25) is 17.5 Å². The molecule has 8 nitrogen and oxygen atoms in total. The van der Waals surface area contributed by atoms with Gasteiger partial charge in [-0.2, -0.15) is 10.2 Å². The summed E-state index contributed by atoms with van der Waals surface area (Å²) in [5.74, 6) is 1.90. The highest BCUT2D eigenvalue weighted by atomic mass is 16.5. The van der Waals surface area contributed by atoms with E-state index >= 15 is 0 Å². The number of nitriles is 1. The van der Waals surface area contributed by atoms with E-state index in [9.17, 15) is 10.1 Å². The number of benzene rings is 2. The Bertz CT molecular complexity index is 1160. The molecule has 1 aliphatic rings. The Morgan fingerprint density at radius 3 is 2.34 bits per heavy atom. The maximum absolute atomic E-state index is 12.8. The molecule has 0 bridgehead atoms. The van der Waals surface area contributed by atoms with Crippen molar-refractivity contribution in [3.8, 4) is 29.0 Å². The molecule has 32 heavy (non-hydrogen) atoms. The third-order valence-electron chi connectivity index (χ3n) is 5.50. The van der Waals surface area contributed by atoms with Gasteiger partial charge in [0.15, 0.2) is 11.5 Å². The van der Waals surface area contributed by atoms with Gasteiger partial charge in [-0.3, -0.25) is 4.79 Å². The molecule has 4 rings (SSSR count). The largest absolute Gasteiger partial charge is 0.493 e. The van der Waals surface area contributed by atoms with Crippen molar-refractivity contribution in [1.82, 2.24) is 9.88 Å². The second kappa shape index (κ2) is 9.02. The molecule has 1 saturated heterocycles. The zero-order valence-electron chi connectivity index (χ0n) is 18.3. The summed E-state index contributed by atoms with van der Waals surface area (Å²) in [6.45, 7) is 4.15. The molecule has 3 aromatic rings. The van der Waals surface area contributed by atoms with Gasteiger partial charge in [0, 0.05) is 37.3 Å². The normalized spacial score (nSPS) is 13.6. The monoisotopic (exact) mass is 432 g/mol. The highest BCUT2D eigenvalue weighted by Crippen LogP contribution is 2.34. The summed E-state index contributed by atoms with van der Waals surface area (Å²) >= 11 is 0. The highest BCUT2D eigenvalue weighted by molar-refractivity contribution is 5.94. The molecule has 0 atom stereocenters. The van der Waals surface area contributed by atoms with Crippen molar-refractivity contribution in [3.05, 3.63) is 59.3 Å². The number of nitrogens with zero attached hydrogens (tertiary/aromatic N) is 4. The van der Waals surface area contributed by atoms with Gasteiger partial charge in [-0.05, 0) is 37.3 Å². The number of amides is 1. The van der Waals surface area contributed by atoms with E-state index in [1.165, 1.54) is 0 Å². The third kappa shape index (κ3) is 4.10. The summed E-state index contributed by atoms with van der Waals surface area (Å²) in [4.78, 5) is 20.9. The van der Waals surface area contributed by atoms with Gasteiger partial charge in [-0.1, -0.05) is 17.7 Å². The summed E-state index contributed by atoms with van der Waals surface area (Å²) in [7, 11) is 3.12. The summed E-state index contributed by atoms with van der Waals surface area (Å²) in [5, 5.41) is 9.60. The van der Waals surface area contributed by atoms with Crippen LogP contribution in [0, 0.1) is 18.3 Å². The van der Waals surface area contributed by atoms with Gasteiger partial charge in [-0.15, -0.1) is 0 Å². The van der Waals surface area contributed by atoms with Crippen LogP contribution in [0.3, 0.4) is 0 Å². The lowest BCUT2D eigenvalue weighted by Crippen LogP contribution is -2.48. The van der Waals surface area contributed by atoms with Crippen molar-refractivity contribution in [2.24, 2.45) is 0 Å². The fourth-order valence-electron chi connectivity index (χ4n) is 3.68. The molecule has 1 aromatic heterocycles. The SMILES string of the molecule is COc1ccc(-c2nc(C#N)c(N3CCN(C(=O)c4ccc(C)cc4)CC3)o2)cc1OC. The molecule has 164 valence electrons. The number of hydrogen-bond donors (Lipinski definition) is 0. The summed E-state index contributed by atoms with van der Waals surface area (Å²) < 4.78 is 16.6. The zero-order chi connectivity index (χ0) is 22.7. The standard InChI is InChI=1S/C24H24N4O4/c1-16-4-6-17(7-5-16)23(29)27-10-12-28(13-11-27)24-19(15-25)26-22(32-24)18-8-9-20(30-2)21(14-18)31-3/h4-9,14H,10-13H2,1-3H3. The predicted octanol–water partition coefficient (Wildman–Crippen LogP) is 3.50. The van der Waals surface area contributed by atoms with Gasteiger partial charge in [0.1, 0.15) is 6.07 Å². The van der Waals surface area contributed by atoms with Gasteiger partial charge < -0.3 is 23.7 Å². The minimum Gasteiger partial charge on any atom is -0.493 e. The second-order valence-electron chi connectivity index (χ2n) is 7.50. The van der Waals surface area contributed by atoms with Crippen molar-refractivity contribution in [3.63, 3.8) is 0 Å². The Hall–Kier alpha value is -3.99. The van der Waals surface area contributed by atoms with E-state index in [0.29, 0.717) is 60.6 Å². The molecule has 0 unspecified atom stereocenters. The van der Waals surface area contributed by atoms with E-state index < -0.39 is 0 Å². The summed E-state index contributed by atoms with van der Waals surface area (Å²) in [6.07, 6.45) is 0. The Morgan fingerprint density at radius 2 is 1.72 bits per heavy atom. The first-order chi connectivity index (χ1) is 15.5. The number of aryl methyl sites for hydroxylation is 1. The first kappa shape index (κ1) is 21.2. The van der Waals surface area contributed by atoms with Crippen LogP contribution >= 0.6 is 0 Å². The first-order valence-electron chi connectivity index (χ1n) is 10.3. The number of carbonyl (C=O) groups excluding carboxylic acids is 1. The minimum atomic E-state index is 0.00810. The van der Waals surface area contributed by atoms with Crippen LogP contribution in [0.4, 0.5) is 5.88 Å². The molecule has 8 heteroatoms. The summed E-state index contributed by atoms with van der Waals surface area (Å²) in [6, 6.07) is 15.0. The van der Waals surface area contributed by atoms with Crippen LogP contribution in [-0.2, 0) is 0 Å². The van der Waals surface area contributed by atoms with Crippen molar-refractivity contribution in [1.29, 1.82) is 5.26 Å². The number of aromatic nitrogens is 1. The van der Waals surface area contributed by atoms with Crippen LogP contribution in [-0.4, -0.2) is 56.2 Å². The van der Waals surface area contributed by atoms with Crippen molar-refractivity contribution < 1.29 is 18.7 Å². The molecule has 0 spiro atoms. The molecule has 0 saturated carbocycles. The molecular formula is C24H24N4O4. The van der Waals surface area contributed by atoms with Gasteiger partial charge in [0.05, 0.1) is 14.2 Å². The fraction of sp³-hybridized carbons (Fsp3) is 0.292. The van der Waals surface area contributed by atoms with Gasteiger partial charge >= 0.3 is 0 Å². The van der Waals surface area contributed by atoms with E-state index in [-0.39, 0.29) is 11.6 Å². The lowest BCUT2D eigenvalue weighted by Gasteiger charge is -2.34. The van der Waals surface area contributed by atoms with E-state index in [1.54, 1.807) is 32.4 Å². The number of methoxy groups -OCH3 is 2. The van der Waals surface area contributed by atoms with Crippen LogP contribution in [0.5, 0.6) is 11.5 Å². The van der Waals surface area contributed by atoms with Crippen LogP contribution in [0.25, 0.3) is 11.5 Å². The number of anilines is 1. The molecule has 0 aliphatic carbocycles.